The summed E-state index contributed by atoms with van der Waals surface area (Å²) >= 11 is 0. The molecule has 0 N–H and O–H groups in total. The molecule has 0 bridgehead atoms. The number of benzene rings is 6. The zero-order chi connectivity index (χ0) is 29.5. The second-order valence-electron chi connectivity index (χ2n) is 13.1. The first-order valence-electron chi connectivity index (χ1n) is 15.3. The molecular formula is C40H42O2. The molecule has 6 aromatic carbocycles. The Labute approximate surface area is 250 Å². The van der Waals surface area contributed by atoms with Crippen LogP contribution in [0.25, 0.3) is 43.1 Å². The molecule has 0 aromatic heterocycles. The van der Waals surface area contributed by atoms with Crippen LogP contribution in [-0.2, 0) is 10.8 Å². The fourth-order valence-corrected chi connectivity index (χ4v) is 6.81. The first-order valence-corrected chi connectivity index (χ1v) is 15.3. The Morgan fingerprint density at radius 3 is 1.69 bits per heavy atom. The third-order valence-corrected chi connectivity index (χ3v) is 8.70. The molecule has 6 aromatic rings. The lowest BCUT2D eigenvalue weighted by Gasteiger charge is -2.28. The van der Waals surface area contributed by atoms with Crippen LogP contribution in [0.3, 0.4) is 0 Å². The Balaban J connectivity index is 1.31. The van der Waals surface area contributed by atoms with Crippen molar-refractivity contribution < 1.29 is 9.47 Å². The van der Waals surface area contributed by atoms with Crippen molar-refractivity contribution in [3.63, 3.8) is 0 Å². The highest BCUT2D eigenvalue weighted by Crippen LogP contribution is 2.44. The summed E-state index contributed by atoms with van der Waals surface area (Å²) in [5.74, 6) is 1.99. The maximum atomic E-state index is 6.71. The first kappa shape index (κ1) is 28.1. The number of hydrogen-bond acceptors (Lipinski definition) is 2. The van der Waals surface area contributed by atoms with Crippen LogP contribution in [0.4, 0.5) is 0 Å². The van der Waals surface area contributed by atoms with Crippen molar-refractivity contribution in [2.75, 3.05) is 13.2 Å². The first-order chi connectivity index (χ1) is 20.2. The zero-order valence-corrected chi connectivity index (χ0v) is 25.9. The second kappa shape index (κ2) is 11.0. The minimum Gasteiger partial charge on any atom is -0.493 e. The molecule has 214 valence electrons. The highest BCUT2D eigenvalue weighted by Gasteiger charge is 2.25. The molecule has 6 rings (SSSR count). The third-order valence-electron chi connectivity index (χ3n) is 8.70. The molecule has 0 amide bonds. The second-order valence-corrected chi connectivity index (χ2v) is 13.1. The Morgan fingerprint density at radius 2 is 1.07 bits per heavy atom. The molecule has 2 nitrogen and oxygen atoms in total. The van der Waals surface area contributed by atoms with Crippen molar-refractivity contribution >= 4 is 43.1 Å². The molecule has 0 aliphatic carbocycles. The summed E-state index contributed by atoms with van der Waals surface area (Å²) in [7, 11) is 0. The maximum Gasteiger partial charge on any atom is 0.134 e. The normalized spacial score (nSPS) is 12.4. The summed E-state index contributed by atoms with van der Waals surface area (Å²) in [4.78, 5) is 0. The van der Waals surface area contributed by atoms with Gasteiger partial charge in [0.25, 0.3) is 0 Å². The lowest BCUT2D eigenvalue weighted by Crippen LogP contribution is -2.19. The van der Waals surface area contributed by atoms with Gasteiger partial charge in [0.15, 0.2) is 0 Å². The van der Waals surface area contributed by atoms with Gasteiger partial charge in [0, 0.05) is 21.5 Å². The SMILES string of the molecule is CCOc1c2ccccc2cc2c(C(C)(C)CCCOc3c4ccccc4c(C(C)(C)C)c4ccccc34)cccc12. The lowest BCUT2D eigenvalue weighted by molar-refractivity contribution is 0.295. The number of ether oxygens (including phenoxy) is 2. The summed E-state index contributed by atoms with van der Waals surface area (Å²) in [6.07, 6.45) is 1.97. The van der Waals surface area contributed by atoms with Crippen molar-refractivity contribution in [2.45, 2.75) is 65.2 Å². The van der Waals surface area contributed by atoms with E-state index in [9.17, 15) is 0 Å². The Bertz CT molecular complexity index is 1850. The van der Waals surface area contributed by atoms with Crippen LogP contribution in [0.1, 0.15) is 65.5 Å². The van der Waals surface area contributed by atoms with E-state index in [-0.39, 0.29) is 10.8 Å². The Kier molecular flexibility index (Phi) is 7.35. The van der Waals surface area contributed by atoms with Crippen LogP contribution in [0.5, 0.6) is 11.5 Å². The molecule has 0 fully saturated rings. The largest absolute Gasteiger partial charge is 0.493 e. The van der Waals surface area contributed by atoms with E-state index in [4.69, 9.17) is 9.47 Å². The van der Waals surface area contributed by atoms with Crippen LogP contribution < -0.4 is 9.47 Å². The standard InChI is InChI=1S/C40H42O2/c1-7-41-37-28-17-9-8-16-27(28)26-34-33(37)22-14-23-35(34)40(5,6)24-15-25-42-38-31-20-12-10-18-29(31)36(39(2,3)4)30-19-11-13-21-32(30)38/h8-14,16-23,26H,7,15,24-25H2,1-6H3. The van der Waals surface area contributed by atoms with Gasteiger partial charge in [-0.2, -0.15) is 0 Å². The van der Waals surface area contributed by atoms with Gasteiger partial charge in [-0.25, -0.2) is 0 Å². The molecule has 0 saturated heterocycles. The van der Waals surface area contributed by atoms with Gasteiger partial charge in [0.2, 0.25) is 0 Å². The summed E-state index contributed by atoms with van der Waals surface area (Å²) in [6.45, 7) is 15.0. The van der Waals surface area contributed by atoms with E-state index in [1.54, 1.807) is 0 Å². The average Bonchev–Trinajstić information content (AvgIpc) is 2.97. The molecular weight excluding hydrogens is 512 g/mol. The highest BCUT2D eigenvalue weighted by atomic mass is 16.5. The zero-order valence-electron chi connectivity index (χ0n) is 25.9. The lowest BCUT2D eigenvalue weighted by atomic mass is 9.78. The van der Waals surface area contributed by atoms with E-state index in [2.05, 4.69) is 139 Å². The molecule has 0 aliphatic rings. The third kappa shape index (κ3) is 4.98. The molecule has 2 heteroatoms. The predicted octanol–water partition coefficient (Wildman–Crippen LogP) is 11.1. The highest BCUT2D eigenvalue weighted by molar-refractivity contribution is 6.09. The van der Waals surface area contributed by atoms with Gasteiger partial charge in [-0.3, -0.25) is 0 Å². The average molecular weight is 555 g/mol. The van der Waals surface area contributed by atoms with Crippen LogP contribution in [-0.4, -0.2) is 13.2 Å². The fourth-order valence-electron chi connectivity index (χ4n) is 6.81. The molecule has 0 spiro atoms. The summed E-state index contributed by atoms with van der Waals surface area (Å²) in [5, 5.41) is 9.83. The van der Waals surface area contributed by atoms with Gasteiger partial charge >= 0.3 is 0 Å². The van der Waals surface area contributed by atoms with E-state index in [1.165, 1.54) is 54.2 Å². The summed E-state index contributed by atoms with van der Waals surface area (Å²) in [6, 6.07) is 35.0. The molecule has 42 heavy (non-hydrogen) atoms. The van der Waals surface area contributed by atoms with Crippen molar-refractivity contribution in [2.24, 2.45) is 0 Å². The van der Waals surface area contributed by atoms with E-state index in [1.807, 2.05) is 0 Å². The van der Waals surface area contributed by atoms with Gasteiger partial charge in [-0.15, -0.1) is 0 Å². The molecule has 0 radical (unpaired) electrons. The van der Waals surface area contributed by atoms with Crippen molar-refractivity contribution in [1.29, 1.82) is 0 Å². The number of fused-ring (bicyclic) bond motifs is 4. The fraction of sp³-hybridized carbons (Fsp3) is 0.300. The van der Waals surface area contributed by atoms with Crippen molar-refractivity contribution in [1.82, 2.24) is 0 Å². The number of rotatable bonds is 8. The molecule has 0 saturated carbocycles. The van der Waals surface area contributed by atoms with Gasteiger partial charge in [-0.05, 0) is 69.3 Å². The summed E-state index contributed by atoms with van der Waals surface area (Å²) in [5.41, 5.74) is 2.73. The van der Waals surface area contributed by atoms with Crippen molar-refractivity contribution in [3.05, 3.63) is 108 Å². The quantitative estimate of drug-likeness (QED) is 0.138. The van der Waals surface area contributed by atoms with E-state index in [0.29, 0.717) is 13.2 Å². The van der Waals surface area contributed by atoms with Crippen LogP contribution in [0.15, 0.2) is 97.1 Å². The molecule has 0 atom stereocenters. The Hall–Kier alpha value is -4.04. The van der Waals surface area contributed by atoms with Gasteiger partial charge in [0.05, 0.1) is 13.2 Å². The molecule has 0 unspecified atom stereocenters. The van der Waals surface area contributed by atoms with Gasteiger partial charge in [0.1, 0.15) is 11.5 Å². The maximum absolute atomic E-state index is 6.71. The topological polar surface area (TPSA) is 18.5 Å². The van der Waals surface area contributed by atoms with Crippen LogP contribution >= 0.6 is 0 Å². The van der Waals surface area contributed by atoms with E-state index < -0.39 is 0 Å². The Morgan fingerprint density at radius 1 is 0.548 bits per heavy atom. The van der Waals surface area contributed by atoms with Gasteiger partial charge < -0.3 is 9.47 Å². The minimum absolute atomic E-state index is 0.0214. The summed E-state index contributed by atoms with van der Waals surface area (Å²) < 4.78 is 12.9. The van der Waals surface area contributed by atoms with Crippen LogP contribution in [0, 0.1) is 0 Å². The smallest absolute Gasteiger partial charge is 0.134 e. The molecule has 0 aliphatic heterocycles. The van der Waals surface area contributed by atoms with Crippen LogP contribution in [0.2, 0.25) is 0 Å². The van der Waals surface area contributed by atoms with E-state index in [0.717, 1.165) is 24.3 Å². The number of hydrogen-bond donors (Lipinski definition) is 0. The van der Waals surface area contributed by atoms with Crippen molar-refractivity contribution in [3.8, 4) is 11.5 Å². The minimum atomic E-state index is -0.0327. The monoisotopic (exact) mass is 554 g/mol. The molecule has 0 heterocycles. The van der Waals surface area contributed by atoms with E-state index >= 15 is 0 Å². The predicted molar refractivity (Wildman–Crippen MR) is 181 cm³/mol. The van der Waals surface area contributed by atoms with Gasteiger partial charge in [-0.1, -0.05) is 126 Å².